The van der Waals surface area contributed by atoms with E-state index in [1.54, 1.807) is 19.1 Å². The number of non-ortho nitro benzene ring substituents is 1. The summed E-state index contributed by atoms with van der Waals surface area (Å²) in [6.07, 6.45) is 0.0290. The van der Waals surface area contributed by atoms with E-state index in [9.17, 15) is 14.9 Å². The van der Waals surface area contributed by atoms with Crippen molar-refractivity contribution in [2.24, 2.45) is 0 Å². The maximum atomic E-state index is 10.7. The number of nitrogens with zero attached hydrogens (tertiary/aromatic N) is 1. The number of thiophene rings is 1. The SMILES string of the molecule is Cc1cc([N+](=O)[O-])ccc1NCc1ccc(CC(=O)O)s1. The van der Waals surface area contributed by atoms with Crippen LogP contribution in [0.15, 0.2) is 30.3 Å². The van der Waals surface area contributed by atoms with E-state index in [-0.39, 0.29) is 12.1 Å². The molecule has 1 aromatic heterocycles. The summed E-state index contributed by atoms with van der Waals surface area (Å²) in [5.74, 6) is -0.845. The summed E-state index contributed by atoms with van der Waals surface area (Å²) in [5, 5.41) is 22.6. The first kappa shape index (κ1) is 15.0. The number of hydrogen-bond acceptors (Lipinski definition) is 5. The molecule has 1 heterocycles. The van der Waals surface area contributed by atoms with Crippen LogP contribution in [0.3, 0.4) is 0 Å². The van der Waals surface area contributed by atoms with Crippen LogP contribution < -0.4 is 5.32 Å². The van der Waals surface area contributed by atoms with E-state index in [0.717, 1.165) is 21.0 Å². The summed E-state index contributed by atoms with van der Waals surface area (Å²) in [4.78, 5) is 22.7. The van der Waals surface area contributed by atoms with E-state index in [1.165, 1.54) is 23.5 Å². The van der Waals surface area contributed by atoms with Crippen molar-refractivity contribution in [1.82, 2.24) is 0 Å². The minimum absolute atomic E-state index is 0.0290. The number of benzene rings is 1. The predicted octanol–water partition coefficient (Wildman–Crippen LogP) is 3.20. The van der Waals surface area contributed by atoms with Crippen molar-refractivity contribution in [3.05, 3.63) is 55.8 Å². The Bertz CT molecular complexity index is 681. The molecule has 0 amide bonds. The average Bonchev–Trinajstić information content (AvgIpc) is 2.83. The zero-order valence-corrected chi connectivity index (χ0v) is 12.1. The molecule has 0 radical (unpaired) electrons. The van der Waals surface area contributed by atoms with Crippen LogP contribution in [0.2, 0.25) is 0 Å². The lowest BCUT2D eigenvalue weighted by Crippen LogP contribution is -2.00. The molecule has 7 heteroatoms. The molecule has 2 rings (SSSR count). The Labute approximate surface area is 125 Å². The summed E-state index contributed by atoms with van der Waals surface area (Å²) < 4.78 is 0. The Hall–Kier alpha value is -2.41. The van der Waals surface area contributed by atoms with Gasteiger partial charge in [0.15, 0.2) is 0 Å². The first-order valence-electron chi connectivity index (χ1n) is 6.24. The van der Waals surface area contributed by atoms with Crippen molar-refractivity contribution in [1.29, 1.82) is 0 Å². The zero-order valence-electron chi connectivity index (χ0n) is 11.3. The van der Waals surface area contributed by atoms with Gasteiger partial charge in [0.05, 0.1) is 11.3 Å². The Kier molecular flexibility index (Phi) is 4.54. The Morgan fingerprint density at radius 2 is 2.05 bits per heavy atom. The van der Waals surface area contributed by atoms with E-state index >= 15 is 0 Å². The zero-order chi connectivity index (χ0) is 15.4. The molecule has 0 aliphatic heterocycles. The van der Waals surface area contributed by atoms with Crippen molar-refractivity contribution < 1.29 is 14.8 Å². The van der Waals surface area contributed by atoms with Crippen molar-refractivity contribution in [2.45, 2.75) is 19.9 Å². The number of nitrogens with one attached hydrogen (secondary N) is 1. The molecule has 0 unspecified atom stereocenters. The highest BCUT2D eigenvalue weighted by atomic mass is 32.1. The van der Waals surface area contributed by atoms with E-state index in [0.29, 0.717) is 6.54 Å². The molecule has 21 heavy (non-hydrogen) atoms. The highest BCUT2D eigenvalue weighted by Crippen LogP contribution is 2.23. The summed E-state index contributed by atoms with van der Waals surface area (Å²) in [6, 6.07) is 8.35. The third kappa shape index (κ3) is 4.03. The van der Waals surface area contributed by atoms with Crippen LogP contribution in [0.25, 0.3) is 0 Å². The molecule has 0 fully saturated rings. The number of aryl methyl sites for hydroxylation is 1. The first-order valence-corrected chi connectivity index (χ1v) is 7.05. The van der Waals surface area contributed by atoms with E-state index < -0.39 is 10.9 Å². The molecule has 0 bridgehead atoms. The average molecular weight is 306 g/mol. The molecule has 0 aliphatic carbocycles. The second kappa shape index (κ2) is 6.36. The number of anilines is 1. The quantitative estimate of drug-likeness (QED) is 0.631. The molecule has 1 aromatic carbocycles. The standard InChI is InChI=1S/C14H14N2O4S/c1-9-6-10(16(19)20)2-5-13(9)15-8-12-4-3-11(21-12)7-14(17)18/h2-6,15H,7-8H2,1H3,(H,17,18). The summed E-state index contributed by atoms with van der Waals surface area (Å²) in [5.41, 5.74) is 1.69. The summed E-state index contributed by atoms with van der Waals surface area (Å²) in [7, 11) is 0. The molecule has 0 saturated heterocycles. The third-order valence-corrected chi connectivity index (χ3v) is 4.00. The van der Waals surface area contributed by atoms with Gasteiger partial charge in [-0.2, -0.15) is 0 Å². The number of nitro groups is 1. The highest BCUT2D eigenvalue weighted by molar-refractivity contribution is 7.12. The molecule has 0 spiro atoms. The van der Waals surface area contributed by atoms with Gasteiger partial charge in [-0.1, -0.05) is 0 Å². The van der Waals surface area contributed by atoms with Gasteiger partial charge in [-0.05, 0) is 30.7 Å². The lowest BCUT2D eigenvalue weighted by molar-refractivity contribution is -0.384. The van der Waals surface area contributed by atoms with Gasteiger partial charge < -0.3 is 10.4 Å². The van der Waals surface area contributed by atoms with Crippen molar-refractivity contribution in [3.8, 4) is 0 Å². The maximum Gasteiger partial charge on any atom is 0.308 e. The monoisotopic (exact) mass is 306 g/mol. The van der Waals surface area contributed by atoms with Crippen LogP contribution in [-0.2, 0) is 17.8 Å². The number of aliphatic carboxylic acids is 1. The van der Waals surface area contributed by atoms with Crippen LogP contribution in [-0.4, -0.2) is 16.0 Å². The van der Waals surface area contributed by atoms with Crippen LogP contribution >= 0.6 is 11.3 Å². The first-order chi connectivity index (χ1) is 9.95. The van der Waals surface area contributed by atoms with Gasteiger partial charge in [0.2, 0.25) is 0 Å². The van der Waals surface area contributed by atoms with Crippen molar-refractivity contribution in [2.75, 3.05) is 5.32 Å². The van der Waals surface area contributed by atoms with Gasteiger partial charge in [0.25, 0.3) is 5.69 Å². The smallest absolute Gasteiger partial charge is 0.308 e. The Morgan fingerprint density at radius 3 is 2.67 bits per heavy atom. The fraction of sp³-hybridized carbons (Fsp3) is 0.214. The lowest BCUT2D eigenvalue weighted by atomic mass is 10.2. The van der Waals surface area contributed by atoms with Gasteiger partial charge in [-0.25, -0.2) is 0 Å². The second-order valence-corrected chi connectivity index (χ2v) is 5.80. The molecular formula is C14H14N2O4S. The number of carboxylic acid groups (broad SMARTS) is 1. The van der Waals surface area contributed by atoms with E-state index in [2.05, 4.69) is 5.32 Å². The molecule has 0 aliphatic rings. The maximum absolute atomic E-state index is 10.7. The fourth-order valence-corrected chi connectivity index (χ4v) is 2.85. The molecule has 2 N–H and O–H groups in total. The molecule has 0 atom stereocenters. The minimum Gasteiger partial charge on any atom is -0.481 e. The topological polar surface area (TPSA) is 92.5 Å². The molecular weight excluding hydrogens is 292 g/mol. The van der Waals surface area contributed by atoms with Crippen LogP contribution in [0, 0.1) is 17.0 Å². The number of carbonyl (C=O) groups is 1. The number of hydrogen-bond donors (Lipinski definition) is 2. The number of carboxylic acids is 1. The highest BCUT2D eigenvalue weighted by Gasteiger charge is 2.09. The van der Waals surface area contributed by atoms with Gasteiger partial charge in [0, 0.05) is 34.1 Å². The molecule has 110 valence electrons. The van der Waals surface area contributed by atoms with Crippen LogP contribution in [0.1, 0.15) is 15.3 Å². The fourth-order valence-electron chi connectivity index (χ4n) is 1.90. The van der Waals surface area contributed by atoms with Gasteiger partial charge in [0.1, 0.15) is 0 Å². The van der Waals surface area contributed by atoms with Crippen molar-refractivity contribution >= 4 is 28.7 Å². The van der Waals surface area contributed by atoms with Crippen LogP contribution in [0.5, 0.6) is 0 Å². The van der Waals surface area contributed by atoms with Gasteiger partial charge >= 0.3 is 5.97 Å². The second-order valence-electron chi connectivity index (χ2n) is 4.55. The van der Waals surface area contributed by atoms with Gasteiger partial charge in [-0.3, -0.25) is 14.9 Å². The Morgan fingerprint density at radius 1 is 1.33 bits per heavy atom. The normalized spacial score (nSPS) is 10.3. The summed E-state index contributed by atoms with van der Waals surface area (Å²) in [6.45, 7) is 2.36. The molecule has 0 saturated carbocycles. The van der Waals surface area contributed by atoms with Crippen LogP contribution in [0.4, 0.5) is 11.4 Å². The number of rotatable bonds is 6. The van der Waals surface area contributed by atoms with Crippen molar-refractivity contribution in [3.63, 3.8) is 0 Å². The predicted molar refractivity (Wildman–Crippen MR) is 80.8 cm³/mol. The summed E-state index contributed by atoms with van der Waals surface area (Å²) >= 11 is 1.44. The number of nitro benzene ring substituents is 1. The molecule has 6 nitrogen and oxygen atoms in total. The largest absolute Gasteiger partial charge is 0.481 e. The third-order valence-electron chi connectivity index (χ3n) is 2.92. The Balaban J connectivity index is 2.01. The van der Waals surface area contributed by atoms with E-state index in [4.69, 9.17) is 5.11 Å². The minimum atomic E-state index is -0.845. The molecule has 2 aromatic rings. The van der Waals surface area contributed by atoms with Gasteiger partial charge in [-0.15, -0.1) is 11.3 Å². The van der Waals surface area contributed by atoms with E-state index in [1.807, 2.05) is 6.07 Å². The lowest BCUT2D eigenvalue weighted by Gasteiger charge is -2.08.